The first-order valence-corrected chi connectivity index (χ1v) is 8.73. The highest BCUT2D eigenvalue weighted by Gasteiger charge is 2.44. The summed E-state index contributed by atoms with van der Waals surface area (Å²) in [5.41, 5.74) is 1.29. The average Bonchev–Trinajstić information content (AvgIpc) is 2.78. The first-order chi connectivity index (χ1) is 10.6. The Labute approximate surface area is 140 Å². The average molecular weight is 320 g/mol. The maximum absolute atomic E-state index is 11.0. The molecule has 6 atom stereocenters. The van der Waals surface area contributed by atoms with E-state index in [0.29, 0.717) is 6.42 Å². The van der Waals surface area contributed by atoms with Gasteiger partial charge >= 0.3 is 0 Å². The molecule has 0 heterocycles. The number of aliphatic hydroxyl groups is 3. The van der Waals surface area contributed by atoms with Crippen LogP contribution in [-0.2, 0) is 0 Å². The summed E-state index contributed by atoms with van der Waals surface area (Å²) >= 11 is 0. The summed E-state index contributed by atoms with van der Waals surface area (Å²) in [4.78, 5) is 0. The number of hydrogen-bond donors (Lipinski definition) is 3. The van der Waals surface area contributed by atoms with E-state index in [1.54, 1.807) is 19.9 Å². The number of aliphatic hydroxyl groups excluding tert-OH is 2. The highest BCUT2D eigenvalue weighted by molar-refractivity contribution is 5.26. The van der Waals surface area contributed by atoms with Crippen LogP contribution in [-0.4, -0.2) is 33.1 Å². The van der Waals surface area contributed by atoms with E-state index in [1.165, 1.54) is 5.57 Å². The second-order valence-corrected chi connectivity index (χ2v) is 8.07. The molecular formula is C20H32O3. The molecule has 2 aliphatic carbocycles. The molecule has 2 aliphatic rings. The van der Waals surface area contributed by atoms with Gasteiger partial charge < -0.3 is 15.3 Å². The van der Waals surface area contributed by atoms with E-state index in [0.717, 1.165) is 18.4 Å². The molecule has 130 valence electrons. The third-order valence-electron chi connectivity index (χ3n) is 5.62. The van der Waals surface area contributed by atoms with Crippen molar-refractivity contribution in [3.63, 3.8) is 0 Å². The van der Waals surface area contributed by atoms with Crippen LogP contribution in [0.3, 0.4) is 0 Å². The summed E-state index contributed by atoms with van der Waals surface area (Å²) in [6.07, 6.45) is 7.20. The van der Waals surface area contributed by atoms with Gasteiger partial charge in [0.2, 0.25) is 0 Å². The van der Waals surface area contributed by atoms with Gasteiger partial charge in [0.1, 0.15) is 0 Å². The summed E-state index contributed by atoms with van der Waals surface area (Å²) in [5, 5.41) is 31.3. The van der Waals surface area contributed by atoms with E-state index in [1.807, 2.05) is 6.08 Å². The molecule has 3 nitrogen and oxygen atoms in total. The molecule has 2 rings (SSSR count). The first kappa shape index (κ1) is 18.4. The van der Waals surface area contributed by atoms with E-state index in [2.05, 4.69) is 26.5 Å². The maximum Gasteiger partial charge on any atom is 0.0771 e. The van der Waals surface area contributed by atoms with Crippen LogP contribution in [0.4, 0.5) is 0 Å². The van der Waals surface area contributed by atoms with Gasteiger partial charge in [-0.05, 0) is 63.4 Å². The lowest BCUT2D eigenvalue weighted by Crippen LogP contribution is -2.34. The minimum atomic E-state index is -0.814. The lowest BCUT2D eigenvalue weighted by molar-refractivity contribution is 0.0241. The largest absolute Gasteiger partial charge is 0.392 e. The van der Waals surface area contributed by atoms with Crippen LogP contribution in [0.2, 0.25) is 0 Å². The predicted molar refractivity (Wildman–Crippen MR) is 93.8 cm³/mol. The molecule has 1 saturated carbocycles. The molecule has 0 aromatic heterocycles. The van der Waals surface area contributed by atoms with E-state index >= 15 is 0 Å². The molecule has 3 heteroatoms. The van der Waals surface area contributed by atoms with Gasteiger partial charge in [0.15, 0.2) is 0 Å². The molecule has 0 aromatic carbocycles. The SMILES string of the molecule is C=C1[C@H](O)C[C@H]([C@@H](C)C/C=C/C(C)(C)O)[C@H](O)[C@H]2C(C)=CC[C@H]12. The van der Waals surface area contributed by atoms with Crippen molar-refractivity contribution in [1.82, 2.24) is 0 Å². The zero-order valence-electron chi connectivity index (χ0n) is 14.9. The van der Waals surface area contributed by atoms with Gasteiger partial charge in [0, 0.05) is 5.92 Å². The Hall–Kier alpha value is -0.900. The van der Waals surface area contributed by atoms with Crippen LogP contribution >= 0.6 is 0 Å². The second-order valence-electron chi connectivity index (χ2n) is 8.07. The van der Waals surface area contributed by atoms with Gasteiger partial charge in [-0.15, -0.1) is 0 Å². The molecule has 0 aliphatic heterocycles. The van der Waals surface area contributed by atoms with Crippen molar-refractivity contribution in [2.24, 2.45) is 23.7 Å². The highest BCUT2D eigenvalue weighted by Crippen LogP contribution is 2.47. The third kappa shape index (κ3) is 4.14. The van der Waals surface area contributed by atoms with Crippen LogP contribution in [0.5, 0.6) is 0 Å². The van der Waals surface area contributed by atoms with Crippen LogP contribution in [0.1, 0.15) is 47.0 Å². The molecule has 0 aromatic rings. The monoisotopic (exact) mass is 320 g/mol. The smallest absolute Gasteiger partial charge is 0.0771 e. The molecule has 0 spiro atoms. The molecule has 3 N–H and O–H groups in total. The molecular weight excluding hydrogens is 288 g/mol. The summed E-state index contributed by atoms with van der Waals surface area (Å²) in [6.45, 7) is 11.8. The van der Waals surface area contributed by atoms with E-state index in [4.69, 9.17) is 0 Å². The lowest BCUT2D eigenvalue weighted by atomic mass is 9.76. The van der Waals surface area contributed by atoms with Crippen molar-refractivity contribution >= 4 is 0 Å². The minimum absolute atomic E-state index is 0.0321. The van der Waals surface area contributed by atoms with E-state index in [-0.39, 0.29) is 23.7 Å². The van der Waals surface area contributed by atoms with Crippen molar-refractivity contribution < 1.29 is 15.3 Å². The molecule has 0 unspecified atom stereocenters. The van der Waals surface area contributed by atoms with Gasteiger partial charge in [0.25, 0.3) is 0 Å². The fourth-order valence-corrected chi connectivity index (χ4v) is 4.18. The van der Waals surface area contributed by atoms with E-state index in [9.17, 15) is 15.3 Å². The number of rotatable bonds is 4. The number of hydrogen-bond acceptors (Lipinski definition) is 3. The van der Waals surface area contributed by atoms with Gasteiger partial charge in [-0.2, -0.15) is 0 Å². The Bertz CT molecular complexity index is 498. The molecule has 0 bridgehead atoms. The molecule has 0 radical (unpaired) electrons. The Kier molecular flexibility index (Phi) is 5.55. The van der Waals surface area contributed by atoms with Gasteiger partial charge in [-0.3, -0.25) is 0 Å². The molecule has 0 amide bonds. The standard InChI is InChI=1S/C20H32O3/c1-12(7-6-10-20(4,5)23)16-11-17(21)14(3)15-9-8-13(2)18(15)19(16)22/h6,8,10,12,15-19,21-23H,3,7,9,11H2,1-2,4-5H3/b10-6+/t12-,15+,16+,17+,18-,19-/m0/s1. The Balaban J connectivity index is 2.15. The summed E-state index contributed by atoms with van der Waals surface area (Å²) < 4.78 is 0. The van der Waals surface area contributed by atoms with Crippen LogP contribution in [0, 0.1) is 23.7 Å². The Morgan fingerprint density at radius 3 is 2.65 bits per heavy atom. The second kappa shape index (κ2) is 6.92. The van der Waals surface area contributed by atoms with Crippen molar-refractivity contribution in [2.45, 2.75) is 64.8 Å². The predicted octanol–water partition coefficient (Wildman–Crippen LogP) is 3.22. The maximum atomic E-state index is 11.0. The highest BCUT2D eigenvalue weighted by atomic mass is 16.3. The fraction of sp³-hybridized carbons (Fsp3) is 0.700. The summed E-state index contributed by atoms with van der Waals surface area (Å²) in [6, 6.07) is 0. The van der Waals surface area contributed by atoms with Gasteiger partial charge in [0.05, 0.1) is 17.8 Å². The van der Waals surface area contributed by atoms with Gasteiger partial charge in [-0.1, -0.05) is 37.3 Å². The first-order valence-electron chi connectivity index (χ1n) is 8.73. The lowest BCUT2D eigenvalue weighted by Gasteiger charge is -2.32. The van der Waals surface area contributed by atoms with Crippen molar-refractivity contribution in [1.29, 1.82) is 0 Å². The number of allylic oxidation sites excluding steroid dienone is 2. The topological polar surface area (TPSA) is 60.7 Å². The summed E-state index contributed by atoms with van der Waals surface area (Å²) in [5.74, 6) is 0.525. The van der Waals surface area contributed by atoms with Gasteiger partial charge in [-0.25, -0.2) is 0 Å². The number of fused-ring (bicyclic) bond motifs is 1. The quantitative estimate of drug-likeness (QED) is 0.697. The normalized spacial score (nSPS) is 36.7. The minimum Gasteiger partial charge on any atom is -0.392 e. The Morgan fingerprint density at radius 1 is 1.39 bits per heavy atom. The van der Waals surface area contributed by atoms with Crippen LogP contribution in [0.15, 0.2) is 36.0 Å². The third-order valence-corrected chi connectivity index (χ3v) is 5.62. The summed E-state index contributed by atoms with van der Waals surface area (Å²) in [7, 11) is 0. The van der Waals surface area contributed by atoms with Crippen molar-refractivity contribution in [3.05, 3.63) is 36.0 Å². The molecule has 23 heavy (non-hydrogen) atoms. The van der Waals surface area contributed by atoms with Crippen LogP contribution < -0.4 is 0 Å². The molecule has 1 fully saturated rings. The fourth-order valence-electron chi connectivity index (χ4n) is 4.18. The zero-order valence-corrected chi connectivity index (χ0v) is 14.9. The zero-order chi connectivity index (χ0) is 17.4. The molecule has 0 saturated heterocycles. The van der Waals surface area contributed by atoms with Crippen molar-refractivity contribution in [2.75, 3.05) is 0 Å². The van der Waals surface area contributed by atoms with Crippen molar-refractivity contribution in [3.8, 4) is 0 Å². The Morgan fingerprint density at radius 2 is 2.04 bits per heavy atom. The van der Waals surface area contributed by atoms with E-state index < -0.39 is 17.8 Å². The van der Waals surface area contributed by atoms with Crippen LogP contribution in [0.25, 0.3) is 0 Å².